The third-order valence-electron chi connectivity index (χ3n) is 4.06. The lowest BCUT2D eigenvalue weighted by atomic mass is 10.1. The predicted molar refractivity (Wildman–Crippen MR) is 102 cm³/mol. The van der Waals surface area contributed by atoms with Crippen LogP contribution in [0.15, 0.2) is 42.5 Å². The van der Waals surface area contributed by atoms with Crippen LogP contribution in [0.2, 0.25) is 5.02 Å². The molecule has 3 rings (SSSR count). The molecule has 3 aromatic rings. The number of nitrogens with one attached hydrogen (secondary N) is 2. The maximum Gasteiger partial charge on any atom is 0.272 e. The molecule has 0 bridgehead atoms. The summed E-state index contributed by atoms with van der Waals surface area (Å²) in [4.78, 5) is 26.3. The van der Waals surface area contributed by atoms with Gasteiger partial charge in [-0.1, -0.05) is 23.7 Å². The number of amides is 2. The topological polar surface area (TPSA) is 108 Å². The zero-order valence-corrected chi connectivity index (χ0v) is 14.6. The predicted octanol–water partition coefficient (Wildman–Crippen LogP) is 3.59. The minimum absolute atomic E-state index is 0.00974. The number of H-pyrrole nitrogens is 1. The number of aromatic nitrogens is 1. The number of hydrogen-bond acceptors (Lipinski definition) is 3. The highest BCUT2D eigenvalue weighted by Crippen LogP contribution is 2.29. The molecular formula is C19H18ClN3O3. The molecular weight excluding hydrogens is 354 g/mol. The second-order valence-corrected chi connectivity index (χ2v) is 6.44. The summed E-state index contributed by atoms with van der Waals surface area (Å²) in [5.41, 5.74) is 7.24. The number of rotatable bonds is 6. The Morgan fingerprint density at radius 1 is 1.19 bits per heavy atom. The van der Waals surface area contributed by atoms with Crippen molar-refractivity contribution in [2.24, 2.45) is 5.73 Å². The van der Waals surface area contributed by atoms with Crippen molar-refractivity contribution < 1.29 is 14.7 Å². The fraction of sp³-hybridized carbons (Fsp3) is 0.158. The third kappa shape index (κ3) is 3.97. The molecule has 0 spiro atoms. The highest BCUT2D eigenvalue weighted by molar-refractivity contribution is 6.31. The monoisotopic (exact) mass is 371 g/mol. The van der Waals surface area contributed by atoms with Crippen molar-refractivity contribution in [3.05, 3.63) is 58.7 Å². The van der Waals surface area contributed by atoms with Crippen molar-refractivity contribution in [3.8, 4) is 5.75 Å². The van der Waals surface area contributed by atoms with Gasteiger partial charge in [-0.05, 0) is 48.7 Å². The average molecular weight is 372 g/mol. The Bertz CT molecular complexity index is 981. The molecule has 0 aliphatic rings. The van der Waals surface area contributed by atoms with Crippen LogP contribution in [0.5, 0.6) is 5.75 Å². The van der Waals surface area contributed by atoms with Gasteiger partial charge < -0.3 is 21.1 Å². The van der Waals surface area contributed by atoms with Gasteiger partial charge in [0.2, 0.25) is 5.91 Å². The first-order valence-electron chi connectivity index (χ1n) is 8.13. The Morgan fingerprint density at radius 3 is 2.77 bits per heavy atom. The van der Waals surface area contributed by atoms with E-state index in [1.165, 1.54) is 0 Å². The molecule has 1 heterocycles. The van der Waals surface area contributed by atoms with E-state index >= 15 is 0 Å². The number of primary amides is 1. The Balaban J connectivity index is 1.76. The van der Waals surface area contributed by atoms with Crippen molar-refractivity contribution >= 4 is 40.0 Å². The van der Waals surface area contributed by atoms with Crippen molar-refractivity contribution in [1.29, 1.82) is 0 Å². The Morgan fingerprint density at radius 2 is 2.00 bits per heavy atom. The average Bonchev–Trinajstić information content (AvgIpc) is 3.01. The van der Waals surface area contributed by atoms with E-state index in [0.29, 0.717) is 34.8 Å². The van der Waals surface area contributed by atoms with Crippen molar-refractivity contribution in [2.75, 3.05) is 5.32 Å². The van der Waals surface area contributed by atoms with Gasteiger partial charge in [-0.15, -0.1) is 0 Å². The highest BCUT2D eigenvalue weighted by atomic mass is 35.5. The number of anilines is 1. The number of fused-ring (bicyclic) bond motifs is 1. The van der Waals surface area contributed by atoms with Gasteiger partial charge in [0.15, 0.2) is 0 Å². The fourth-order valence-corrected chi connectivity index (χ4v) is 2.94. The lowest BCUT2D eigenvalue weighted by molar-refractivity contribution is -0.118. The van der Waals surface area contributed by atoms with Crippen molar-refractivity contribution in [1.82, 2.24) is 4.98 Å². The van der Waals surface area contributed by atoms with Crippen LogP contribution in [0.3, 0.4) is 0 Å². The number of aromatic hydroxyl groups is 1. The summed E-state index contributed by atoms with van der Waals surface area (Å²) >= 11 is 5.96. The number of phenolic OH excluding ortho intramolecular Hbond substituents is 1. The van der Waals surface area contributed by atoms with Gasteiger partial charge in [-0.25, -0.2) is 0 Å². The zero-order valence-electron chi connectivity index (χ0n) is 13.9. The van der Waals surface area contributed by atoms with Gasteiger partial charge in [0.05, 0.1) is 5.69 Å². The molecule has 7 heteroatoms. The minimum atomic E-state index is -0.382. The van der Waals surface area contributed by atoms with E-state index in [1.54, 1.807) is 42.5 Å². The molecule has 0 saturated carbocycles. The van der Waals surface area contributed by atoms with Gasteiger partial charge in [0.25, 0.3) is 5.91 Å². The number of phenols is 1. The zero-order chi connectivity index (χ0) is 18.7. The second-order valence-electron chi connectivity index (χ2n) is 6.00. The normalized spacial score (nSPS) is 10.8. The molecule has 0 unspecified atom stereocenters. The van der Waals surface area contributed by atoms with Crippen LogP contribution in [0, 0.1) is 0 Å². The van der Waals surface area contributed by atoms with E-state index in [9.17, 15) is 14.7 Å². The number of halogens is 1. The molecule has 0 fully saturated rings. The number of carbonyl (C=O) groups excluding carboxylic acids is 2. The van der Waals surface area contributed by atoms with Crippen LogP contribution in [-0.2, 0) is 11.2 Å². The first-order valence-corrected chi connectivity index (χ1v) is 8.50. The van der Waals surface area contributed by atoms with E-state index in [1.807, 2.05) is 0 Å². The van der Waals surface area contributed by atoms with Gasteiger partial charge in [-0.2, -0.15) is 0 Å². The quantitative estimate of drug-likeness (QED) is 0.497. The molecule has 2 aromatic carbocycles. The summed E-state index contributed by atoms with van der Waals surface area (Å²) in [7, 11) is 0. The van der Waals surface area contributed by atoms with Crippen LogP contribution in [0.25, 0.3) is 10.9 Å². The van der Waals surface area contributed by atoms with Crippen LogP contribution >= 0.6 is 11.6 Å². The number of nitrogens with two attached hydrogens (primary N) is 1. The molecule has 0 atom stereocenters. The van der Waals surface area contributed by atoms with E-state index in [2.05, 4.69) is 10.3 Å². The Labute approximate surface area is 155 Å². The minimum Gasteiger partial charge on any atom is -0.505 e. The molecule has 134 valence electrons. The van der Waals surface area contributed by atoms with Gasteiger partial charge in [0.1, 0.15) is 11.4 Å². The van der Waals surface area contributed by atoms with Crippen molar-refractivity contribution in [3.63, 3.8) is 0 Å². The number of carbonyl (C=O) groups is 2. The van der Waals surface area contributed by atoms with E-state index in [4.69, 9.17) is 17.3 Å². The van der Waals surface area contributed by atoms with Crippen LogP contribution in [-0.4, -0.2) is 21.9 Å². The first-order chi connectivity index (χ1) is 12.4. The Hall–Kier alpha value is -2.99. The summed E-state index contributed by atoms with van der Waals surface area (Å²) in [6.45, 7) is 0. The smallest absolute Gasteiger partial charge is 0.272 e. The van der Waals surface area contributed by atoms with Crippen LogP contribution < -0.4 is 11.1 Å². The number of benzene rings is 2. The summed E-state index contributed by atoms with van der Waals surface area (Å²) in [6, 6.07) is 12.1. The number of aromatic amines is 1. The van der Waals surface area contributed by atoms with E-state index < -0.39 is 0 Å². The molecule has 0 saturated heterocycles. The SMILES string of the molecule is NC(=O)CCCc1cccc(NC(=O)c2cc3cc(Cl)ccc3[nH]2)c1O. The molecule has 5 N–H and O–H groups in total. The van der Waals surface area contributed by atoms with Gasteiger partial charge >= 0.3 is 0 Å². The first kappa shape index (κ1) is 17.8. The summed E-state index contributed by atoms with van der Waals surface area (Å²) in [6.07, 6.45) is 1.26. The summed E-state index contributed by atoms with van der Waals surface area (Å²) < 4.78 is 0. The second kappa shape index (κ2) is 7.49. The largest absolute Gasteiger partial charge is 0.505 e. The number of hydrogen-bond donors (Lipinski definition) is 4. The maximum atomic E-state index is 12.5. The third-order valence-corrected chi connectivity index (χ3v) is 4.30. The summed E-state index contributed by atoms with van der Waals surface area (Å²) in [5.74, 6) is -0.765. The number of aryl methyl sites for hydroxylation is 1. The highest BCUT2D eigenvalue weighted by Gasteiger charge is 2.14. The van der Waals surface area contributed by atoms with E-state index in [0.717, 1.165) is 10.9 Å². The number of para-hydroxylation sites is 1. The van der Waals surface area contributed by atoms with Crippen molar-refractivity contribution in [2.45, 2.75) is 19.3 Å². The van der Waals surface area contributed by atoms with Gasteiger partial charge in [-0.3, -0.25) is 9.59 Å². The van der Waals surface area contributed by atoms with E-state index in [-0.39, 0.29) is 24.0 Å². The van der Waals surface area contributed by atoms with Gasteiger partial charge in [0, 0.05) is 22.3 Å². The molecule has 1 aromatic heterocycles. The Kier molecular flexibility index (Phi) is 5.14. The van der Waals surface area contributed by atoms with Crippen LogP contribution in [0.4, 0.5) is 5.69 Å². The molecule has 0 radical (unpaired) electrons. The lowest BCUT2D eigenvalue weighted by Gasteiger charge is -2.10. The molecule has 6 nitrogen and oxygen atoms in total. The lowest BCUT2D eigenvalue weighted by Crippen LogP contribution is -2.13. The molecule has 26 heavy (non-hydrogen) atoms. The molecule has 0 aliphatic heterocycles. The summed E-state index contributed by atoms with van der Waals surface area (Å²) in [5, 5.41) is 14.5. The molecule has 0 aliphatic carbocycles. The maximum absolute atomic E-state index is 12.5. The molecule has 2 amide bonds. The van der Waals surface area contributed by atoms with Crippen LogP contribution in [0.1, 0.15) is 28.9 Å². The standard InChI is InChI=1S/C19H18ClN3O3/c20-13-7-8-14-12(9-13)10-16(22-14)19(26)23-15-5-1-3-11(18(15)25)4-2-6-17(21)24/h1,3,5,7-10,22,25H,2,4,6H2,(H2,21,24)(H,23,26). The fourth-order valence-electron chi connectivity index (χ4n) is 2.76.